The van der Waals surface area contributed by atoms with Crippen LogP contribution in [0.3, 0.4) is 0 Å². The maximum Gasteiger partial charge on any atom is 0.161 e. The number of aromatic nitrogens is 6. The van der Waals surface area contributed by atoms with Crippen LogP contribution >= 0.6 is 0 Å². The first-order valence-electron chi connectivity index (χ1n) is 20.3. The third-order valence-electron chi connectivity index (χ3n) is 11.5. The molecule has 0 bridgehead atoms. The Labute approximate surface area is 341 Å². The molecule has 0 amide bonds. The first kappa shape index (κ1) is 37.2. The lowest BCUT2D eigenvalue weighted by atomic mass is 9.91. The summed E-state index contributed by atoms with van der Waals surface area (Å²) in [4.78, 5) is 24.1. The summed E-state index contributed by atoms with van der Waals surface area (Å²) in [7, 11) is 0. The molecule has 290 valence electrons. The number of aryl methyl sites for hydroxylation is 5. The summed E-state index contributed by atoms with van der Waals surface area (Å²) in [6.45, 7) is 24.2. The Morgan fingerprint density at radius 2 is 0.862 bits per heavy atom. The van der Waals surface area contributed by atoms with Crippen molar-refractivity contribution in [1.82, 2.24) is 28.7 Å². The van der Waals surface area contributed by atoms with E-state index in [4.69, 9.17) is 19.9 Å². The first-order valence-corrected chi connectivity index (χ1v) is 20.3. The van der Waals surface area contributed by atoms with Gasteiger partial charge in [0.15, 0.2) is 11.6 Å². The fourth-order valence-corrected chi connectivity index (χ4v) is 8.61. The number of hydrogen-bond donors (Lipinski definition) is 0. The van der Waals surface area contributed by atoms with Gasteiger partial charge in [0.05, 0.1) is 39.5 Å². The van der Waals surface area contributed by atoms with Gasteiger partial charge in [-0.1, -0.05) is 120 Å². The SMILES string of the molecule is Cc1cc(C)c(N(c2nc3c4ccc(C(C)(C)C)nc4cc(-c4ccccc4)n3c2C)c2nc3c4ccc(C(C)(C)C)nc4cc(-c4ccccc4)n3c2C)c(C)c1. The van der Waals surface area contributed by atoms with Crippen LogP contribution in [0.4, 0.5) is 17.3 Å². The van der Waals surface area contributed by atoms with Gasteiger partial charge in [-0.3, -0.25) is 23.7 Å². The Hall–Kier alpha value is -6.34. The molecule has 0 spiro atoms. The van der Waals surface area contributed by atoms with Crippen LogP contribution in [0.25, 0.3) is 55.6 Å². The van der Waals surface area contributed by atoms with Crippen LogP contribution < -0.4 is 4.90 Å². The second-order valence-corrected chi connectivity index (χ2v) is 18.0. The normalized spacial score (nSPS) is 12.4. The molecule has 0 saturated carbocycles. The van der Waals surface area contributed by atoms with Crippen LogP contribution in [0.2, 0.25) is 0 Å². The van der Waals surface area contributed by atoms with Gasteiger partial charge in [-0.25, -0.2) is 9.97 Å². The van der Waals surface area contributed by atoms with E-state index in [1.54, 1.807) is 0 Å². The monoisotopic (exact) mass is 761 g/mol. The van der Waals surface area contributed by atoms with E-state index in [1.807, 2.05) is 0 Å². The zero-order valence-corrected chi connectivity index (χ0v) is 35.5. The number of nitrogens with zero attached hydrogens (tertiary/aromatic N) is 7. The largest absolute Gasteiger partial charge is 0.294 e. The van der Waals surface area contributed by atoms with Crippen molar-refractivity contribution in [2.75, 3.05) is 4.90 Å². The summed E-state index contributed by atoms with van der Waals surface area (Å²) < 4.78 is 4.62. The fourth-order valence-electron chi connectivity index (χ4n) is 8.61. The molecule has 0 N–H and O–H groups in total. The molecular weight excluding hydrogens is 711 g/mol. The molecule has 0 atom stereocenters. The minimum absolute atomic E-state index is 0.103. The molecule has 0 unspecified atom stereocenters. The highest BCUT2D eigenvalue weighted by Gasteiger charge is 2.30. The van der Waals surface area contributed by atoms with Crippen molar-refractivity contribution in [3.8, 4) is 22.5 Å². The van der Waals surface area contributed by atoms with Crippen molar-refractivity contribution < 1.29 is 0 Å². The average Bonchev–Trinajstić information content (AvgIpc) is 3.71. The Morgan fingerprint density at radius 1 is 0.466 bits per heavy atom. The van der Waals surface area contributed by atoms with Crippen LogP contribution in [0.15, 0.2) is 109 Å². The van der Waals surface area contributed by atoms with E-state index in [2.05, 4.69) is 199 Å². The lowest BCUT2D eigenvalue weighted by Crippen LogP contribution is -2.16. The van der Waals surface area contributed by atoms with Gasteiger partial charge < -0.3 is 0 Å². The topological polar surface area (TPSA) is 63.6 Å². The molecular formula is C51H51N7. The first-order chi connectivity index (χ1) is 27.6. The van der Waals surface area contributed by atoms with E-state index in [9.17, 15) is 0 Å². The number of anilines is 3. The van der Waals surface area contributed by atoms with E-state index in [0.717, 1.165) is 107 Å². The van der Waals surface area contributed by atoms with Gasteiger partial charge in [0.25, 0.3) is 0 Å². The van der Waals surface area contributed by atoms with Gasteiger partial charge in [-0.05, 0) is 93.3 Å². The lowest BCUT2D eigenvalue weighted by Gasteiger charge is -2.26. The molecule has 7 nitrogen and oxygen atoms in total. The molecule has 3 aromatic carbocycles. The maximum atomic E-state index is 5.66. The summed E-state index contributed by atoms with van der Waals surface area (Å²) in [5.41, 5.74) is 16.4. The average molecular weight is 762 g/mol. The van der Waals surface area contributed by atoms with E-state index >= 15 is 0 Å². The molecule has 0 aliphatic rings. The van der Waals surface area contributed by atoms with Crippen molar-refractivity contribution in [3.05, 3.63) is 149 Å². The van der Waals surface area contributed by atoms with E-state index in [0.29, 0.717) is 0 Å². The third kappa shape index (κ3) is 6.03. The molecule has 0 radical (unpaired) electrons. The van der Waals surface area contributed by atoms with Crippen LogP contribution in [0.5, 0.6) is 0 Å². The summed E-state index contributed by atoms with van der Waals surface area (Å²) in [6, 6.07) is 38.9. The van der Waals surface area contributed by atoms with Crippen LogP contribution in [-0.2, 0) is 10.8 Å². The third-order valence-corrected chi connectivity index (χ3v) is 11.5. The summed E-state index contributed by atoms with van der Waals surface area (Å²) in [6.07, 6.45) is 0. The molecule has 6 aromatic heterocycles. The van der Waals surface area contributed by atoms with E-state index < -0.39 is 0 Å². The van der Waals surface area contributed by atoms with Crippen LogP contribution in [-0.4, -0.2) is 28.7 Å². The highest BCUT2D eigenvalue weighted by molar-refractivity contribution is 5.99. The maximum absolute atomic E-state index is 5.66. The van der Waals surface area contributed by atoms with Crippen molar-refractivity contribution in [2.45, 2.75) is 87.0 Å². The van der Waals surface area contributed by atoms with Crippen LogP contribution in [0.1, 0.15) is 81.0 Å². The highest BCUT2D eigenvalue weighted by Crippen LogP contribution is 2.45. The number of rotatable bonds is 5. The highest BCUT2D eigenvalue weighted by atomic mass is 15.3. The minimum Gasteiger partial charge on any atom is -0.294 e. The number of hydrogen-bond acceptors (Lipinski definition) is 5. The van der Waals surface area contributed by atoms with Crippen molar-refractivity contribution in [1.29, 1.82) is 0 Å². The second-order valence-electron chi connectivity index (χ2n) is 18.0. The molecule has 7 heteroatoms. The number of fused-ring (bicyclic) bond motifs is 6. The zero-order chi connectivity index (χ0) is 40.8. The van der Waals surface area contributed by atoms with Crippen molar-refractivity contribution >= 4 is 50.4 Å². The Morgan fingerprint density at radius 3 is 1.24 bits per heavy atom. The summed E-state index contributed by atoms with van der Waals surface area (Å²) in [5, 5.41) is 2.01. The quantitative estimate of drug-likeness (QED) is 0.175. The Kier molecular flexibility index (Phi) is 8.59. The fraction of sp³-hybridized carbons (Fsp3) is 0.255. The van der Waals surface area contributed by atoms with E-state index in [-0.39, 0.29) is 10.8 Å². The molecule has 0 aliphatic heterocycles. The standard InChI is InChI=1S/C51H51N7/c1-30-26-31(2)45(32(3)27-30)58(46-33(4)56-41(35-18-14-12-15-19-35)28-39-37(48(56)54-46)22-24-43(52-39)50(6,7)8)47-34(5)57-42(36-20-16-13-17-21-36)29-40-38(49(57)55-47)23-25-44(53-40)51(9,10)11/h12-29H,1-11H3. The van der Waals surface area contributed by atoms with Gasteiger partial charge in [0.2, 0.25) is 0 Å². The van der Waals surface area contributed by atoms with E-state index in [1.165, 1.54) is 5.56 Å². The van der Waals surface area contributed by atoms with Gasteiger partial charge in [-0.2, -0.15) is 0 Å². The molecule has 9 aromatic rings. The minimum atomic E-state index is -0.103. The number of pyridine rings is 4. The van der Waals surface area contributed by atoms with Gasteiger partial charge >= 0.3 is 0 Å². The molecule has 58 heavy (non-hydrogen) atoms. The lowest BCUT2D eigenvalue weighted by molar-refractivity contribution is 0.571. The Balaban J connectivity index is 1.41. The van der Waals surface area contributed by atoms with Gasteiger partial charge in [-0.15, -0.1) is 0 Å². The van der Waals surface area contributed by atoms with Crippen LogP contribution in [0, 0.1) is 34.6 Å². The summed E-state index contributed by atoms with van der Waals surface area (Å²) >= 11 is 0. The molecule has 0 saturated heterocycles. The molecule has 0 aliphatic carbocycles. The second kappa shape index (κ2) is 13.4. The molecule has 0 fully saturated rings. The summed E-state index contributed by atoms with van der Waals surface area (Å²) in [5.74, 6) is 1.65. The van der Waals surface area contributed by atoms with Crippen molar-refractivity contribution in [3.63, 3.8) is 0 Å². The van der Waals surface area contributed by atoms with Gasteiger partial charge in [0.1, 0.15) is 11.3 Å². The van der Waals surface area contributed by atoms with Gasteiger partial charge in [0, 0.05) is 33.0 Å². The van der Waals surface area contributed by atoms with Crippen molar-refractivity contribution in [2.24, 2.45) is 0 Å². The predicted molar refractivity (Wildman–Crippen MR) is 241 cm³/mol. The smallest absolute Gasteiger partial charge is 0.161 e. The number of imidazole rings is 2. The predicted octanol–water partition coefficient (Wildman–Crippen LogP) is 13.0. The number of benzene rings is 3. The molecule has 9 rings (SSSR count). The Bertz CT molecular complexity index is 2860. The zero-order valence-electron chi connectivity index (χ0n) is 35.5. The molecule has 6 heterocycles.